The summed E-state index contributed by atoms with van der Waals surface area (Å²) in [6.45, 7) is 35.0. The van der Waals surface area contributed by atoms with Crippen molar-refractivity contribution in [1.82, 2.24) is 26.2 Å². The van der Waals surface area contributed by atoms with Crippen molar-refractivity contribution in [3.05, 3.63) is 0 Å². The van der Waals surface area contributed by atoms with E-state index in [0.717, 1.165) is 0 Å². The maximum atomic E-state index is 14.4. The third-order valence-corrected chi connectivity index (χ3v) is 21.2. The predicted molar refractivity (Wildman–Crippen MR) is 397 cm³/mol. The van der Waals surface area contributed by atoms with Crippen LogP contribution in [0.5, 0.6) is 0 Å². The molecule has 0 spiro atoms. The SMILES string of the molecule is CC[C@H](NC(=O)[C@@H](CC(=O)[C@@H](NC(=O)[C@@H](C)CC)C(C)C)C(C)C)C(=O)C[C@@H](C)C(=O)N1CCC[C@H]1C(=O)N[C@@H](CCCCCCO[C@@H]1OC(COC(C)=O)[C@H](O[C@@H]2OC(COC(C)=O)[C@H](O[C@@H]3OC(COC(C)=O)[C@H](C)C(C)[C@H]3C)C(C)[C@H]2OC(C)=O)C(C)[C@H]1OC(C)=O)C(=O)CCCCNC(=O)OC(C)(C)C. The Morgan fingerprint density at radius 1 is 0.505 bits per heavy atom. The number of unbranched alkanes of at least 4 members (excludes halogenated alkanes) is 4. The molecule has 0 aromatic carbocycles. The van der Waals surface area contributed by atoms with Crippen molar-refractivity contribution in [3.8, 4) is 0 Å². The van der Waals surface area contributed by atoms with Crippen LogP contribution in [0.2, 0.25) is 0 Å². The van der Waals surface area contributed by atoms with Crippen LogP contribution in [-0.2, 0) is 114 Å². The number of carbonyl (C=O) groups is 13. The van der Waals surface area contributed by atoms with E-state index in [-0.39, 0.29) is 125 Å². The summed E-state index contributed by atoms with van der Waals surface area (Å²) in [4.78, 5) is 174. The molecule has 4 aliphatic heterocycles. The van der Waals surface area contributed by atoms with Crippen LogP contribution in [0.1, 0.15) is 235 Å². The number of alkyl carbamates (subject to hydrolysis) is 1. The van der Waals surface area contributed by atoms with Gasteiger partial charge in [-0.2, -0.15) is 0 Å². The molecule has 0 aromatic rings. The van der Waals surface area contributed by atoms with Crippen LogP contribution >= 0.6 is 0 Å². The normalized spacial score (nSPS) is 27.3. The second-order valence-corrected chi connectivity index (χ2v) is 32.0. The first-order chi connectivity index (χ1) is 51.1. The van der Waals surface area contributed by atoms with Gasteiger partial charge in [-0.15, -0.1) is 0 Å². The highest BCUT2D eigenvalue weighted by Crippen LogP contribution is 2.42. The monoisotopic (exact) mass is 1550 g/mol. The zero-order valence-corrected chi connectivity index (χ0v) is 68.7. The smallest absolute Gasteiger partial charge is 0.407 e. The predicted octanol–water partition coefficient (Wildman–Crippen LogP) is 8.28. The Balaban J connectivity index is 1.47. The van der Waals surface area contributed by atoms with Crippen LogP contribution in [-0.4, -0.2) is 213 Å². The number of carbonyl (C=O) groups excluding carboxylic acids is 13. The molecule has 5 amide bonds. The number of nitrogens with one attached hydrogen (secondary N) is 4. The molecule has 4 rings (SSSR count). The lowest BCUT2D eigenvalue weighted by molar-refractivity contribution is -0.364. The van der Waals surface area contributed by atoms with Gasteiger partial charge in [0.15, 0.2) is 48.4 Å². The van der Waals surface area contributed by atoms with Crippen LogP contribution in [0, 0.1) is 59.2 Å². The minimum absolute atomic E-state index is 0.0164. The molecule has 0 aliphatic carbocycles. The van der Waals surface area contributed by atoms with E-state index in [2.05, 4.69) is 21.3 Å². The fourth-order valence-electron chi connectivity index (χ4n) is 14.2. The zero-order valence-electron chi connectivity index (χ0n) is 68.7. The first kappa shape index (κ1) is 94.6. The van der Waals surface area contributed by atoms with E-state index in [1.807, 2.05) is 55.4 Å². The van der Waals surface area contributed by atoms with Gasteiger partial charge in [0.05, 0.1) is 36.4 Å². The van der Waals surface area contributed by atoms with Crippen LogP contribution in [0.4, 0.5) is 4.79 Å². The van der Waals surface area contributed by atoms with E-state index >= 15 is 0 Å². The topological polar surface area (TPSA) is 384 Å². The first-order valence-corrected chi connectivity index (χ1v) is 39.5. The summed E-state index contributed by atoms with van der Waals surface area (Å²) in [5, 5.41) is 11.4. The van der Waals surface area contributed by atoms with Gasteiger partial charge in [0.25, 0.3) is 0 Å². The number of ketones is 3. The minimum atomic E-state index is -1.41. The average Bonchev–Trinajstić information content (AvgIpc) is 1.33. The zero-order chi connectivity index (χ0) is 81.9. The lowest BCUT2D eigenvalue weighted by Gasteiger charge is -2.50. The van der Waals surface area contributed by atoms with Gasteiger partial charge >= 0.3 is 35.9 Å². The Morgan fingerprint density at radius 3 is 1.58 bits per heavy atom. The van der Waals surface area contributed by atoms with Gasteiger partial charge in [-0.3, -0.25) is 57.5 Å². The Morgan fingerprint density at radius 2 is 1.05 bits per heavy atom. The molecular weight excluding hydrogens is 1420 g/mol. The summed E-state index contributed by atoms with van der Waals surface area (Å²) in [5.74, 6) is -9.99. The number of nitrogens with zero attached hydrogens (tertiary/aromatic N) is 1. The highest BCUT2D eigenvalue weighted by Gasteiger charge is 2.55. The molecule has 6 unspecified atom stereocenters. The van der Waals surface area contributed by atoms with Crippen LogP contribution in [0.15, 0.2) is 0 Å². The highest BCUT2D eigenvalue weighted by molar-refractivity contribution is 5.97. The van der Waals surface area contributed by atoms with Gasteiger partial charge in [-0.1, -0.05) is 109 Å². The molecule has 4 fully saturated rings. The maximum Gasteiger partial charge on any atom is 0.407 e. The molecule has 4 heterocycles. The third kappa shape index (κ3) is 30.4. The fraction of sp³-hybridized carbons (Fsp3) is 0.835. The van der Waals surface area contributed by atoms with Gasteiger partial charge in [0, 0.05) is 109 Å². The number of Topliss-reactive ketones (excluding diaryl/α,β-unsaturated/α-hetero) is 3. The van der Waals surface area contributed by atoms with Crippen molar-refractivity contribution in [2.75, 3.05) is 39.5 Å². The molecule has 0 radical (unpaired) electrons. The Kier molecular flexibility index (Phi) is 39.7. The number of rotatable bonds is 43. The fourth-order valence-corrected chi connectivity index (χ4v) is 14.2. The molecule has 622 valence electrons. The molecule has 4 N–H and O–H groups in total. The summed E-state index contributed by atoms with van der Waals surface area (Å²) in [7, 11) is 0. The van der Waals surface area contributed by atoms with Crippen molar-refractivity contribution < 1.29 is 119 Å². The second kappa shape index (κ2) is 45.7. The summed E-state index contributed by atoms with van der Waals surface area (Å²) in [6.07, 6.45) is -6.86. The lowest BCUT2D eigenvalue weighted by atomic mass is 9.79. The average molecular weight is 1550 g/mol. The molecule has 0 saturated carbocycles. The Bertz CT molecular complexity index is 3010. The quantitative estimate of drug-likeness (QED) is 0.0253. The van der Waals surface area contributed by atoms with Crippen molar-refractivity contribution in [1.29, 1.82) is 0 Å². The van der Waals surface area contributed by atoms with Crippen LogP contribution in [0.3, 0.4) is 0 Å². The number of hydrogen-bond donors (Lipinski definition) is 4. The van der Waals surface area contributed by atoms with Crippen LogP contribution < -0.4 is 21.3 Å². The van der Waals surface area contributed by atoms with Gasteiger partial charge in [0.1, 0.15) is 43.7 Å². The van der Waals surface area contributed by atoms with Gasteiger partial charge in [-0.25, -0.2) is 4.79 Å². The number of hydrogen-bond acceptors (Lipinski definition) is 25. The molecule has 109 heavy (non-hydrogen) atoms. The van der Waals surface area contributed by atoms with Gasteiger partial charge in [0.2, 0.25) is 23.6 Å². The van der Waals surface area contributed by atoms with E-state index in [0.29, 0.717) is 57.8 Å². The van der Waals surface area contributed by atoms with E-state index in [4.69, 9.17) is 56.8 Å². The van der Waals surface area contributed by atoms with Gasteiger partial charge in [-0.05, 0) is 95.8 Å². The molecule has 4 aliphatic rings. The molecule has 4 saturated heterocycles. The molecule has 30 nitrogen and oxygen atoms in total. The van der Waals surface area contributed by atoms with Crippen molar-refractivity contribution in [3.63, 3.8) is 0 Å². The third-order valence-electron chi connectivity index (χ3n) is 21.2. The van der Waals surface area contributed by atoms with Crippen molar-refractivity contribution in [2.45, 2.75) is 327 Å². The van der Waals surface area contributed by atoms with Gasteiger partial charge < -0.3 is 83.0 Å². The molecule has 0 bridgehead atoms. The summed E-state index contributed by atoms with van der Waals surface area (Å²) in [6, 6.07) is -3.67. The van der Waals surface area contributed by atoms with E-state index < -0.39 is 174 Å². The largest absolute Gasteiger partial charge is 0.463 e. The highest BCUT2D eigenvalue weighted by atomic mass is 16.8. The molecular formula is C79H131N5O25. The molecule has 30 heteroatoms. The Hall–Kier alpha value is -6.73. The van der Waals surface area contributed by atoms with E-state index in [9.17, 15) is 62.3 Å². The standard InChI is InChI=1S/C79H131N5O25/c1-22-44(7)71(93)83-66(43(5)6)62(92)38-56(42(3)4)72(94)81-57(23-2)61(91)37-45(8)74(96)84-35-30-32-59(84)73(95)82-58(60(90)33-27-28-34-80-78(97)109-79(19,20)21)31-26-24-25-29-36-98-76-69(102-54(17)88)49(12)68(64(105-76)40-100-52(15)86)108-77-70(103-55(18)89)50(13)67(65(106-77)41-101-53(16)87)107-75-48(11)46(9)47(10)63(104-75)39-99-51(14)85/h42-50,56-59,63-70,75-77H,22-41H2,1-21H3,(H,80,97)(H,81,94)(H,82,95)(H,83,93)/t44-,45+,46?,47+,48+,49?,50?,56-,57-,58-,59-,63?,64?,65?,66-,67+,68+,69+,70+,75-,76+,77-/m0/s1. The van der Waals surface area contributed by atoms with Crippen LogP contribution in [0.25, 0.3) is 0 Å². The molecule has 22 atom stereocenters. The van der Waals surface area contributed by atoms with E-state index in [1.165, 1.54) is 39.5 Å². The number of ether oxygens (including phenoxy) is 12. The van der Waals surface area contributed by atoms with Crippen molar-refractivity contribution >= 4 is 76.9 Å². The number of likely N-dealkylation sites (tertiary alicyclic amines) is 1. The lowest BCUT2D eigenvalue weighted by Crippen LogP contribution is -2.63. The number of amides is 5. The first-order valence-electron chi connectivity index (χ1n) is 39.5. The number of esters is 5. The Labute approximate surface area is 645 Å². The summed E-state index contributed by atoms with van der Waals surface area (Å²) in [5.41, 5.74) is -0.710. The van der Waals surface area contributed by atoms with Crippen molar-refractivity contribution in [2.24, 2.45) is 59.2 Å². The molecule has 0 aromatic heterocycles. The maximum absolute atomic E-state index is 14.4. The minimum Gasteiger partial charge on any atom is -0.463 e. The van der Waals surface area contributed by atoms with E-state index in [1.54, 1.807) is 55.4 Å². The summed E-state index contributed by atoms with van der Waals surface area (Å²) < 4.78 is 73.0. The second-order valence-electron chi connectivity index (χ2n) is 32.0. The summed E-state index contributed by atoms with van der Waals surface area (Å²) >= 11 is 0.